The first-order valence-corrected chi connectivity index (χ1v) is 11.0. The second kappa shape index (κ2) is 12.2. The number of nitrogen functional groups attached to an aromatic ring is 1. The Morgan fingerprint density at radius 1 is 1.33 bits per heavy atom. The summed E-state index contributed by atoms with van der Waals surface area (Å²) in [6.45, 7) is 1.32. The maximum Gasteiger partial charge on any atom is 1.00 e. The smallest absolute Gasteiger partial charge is 0.790 e. The van der Waals surface area contributed by atoms with Crippen LogP contribution in [-0.4, -0.2) is 60.4 Å². The summed E-state index contributed by atoms with van der Waals surface area (Å²) in [4.78, 5) is 33.9. The summed E-state index contributed by atoms with van der Waals surface area (Å²) in [6.07, 6.45) is -2.16. The van der Waals surface area contributed by atoms with Gasteiger partial charge in [0.2, 0.25) is 0 Å². The Kier molecular flexibility index (Phi) is 11.7. The number of aliphatic hydroxyl groups is 2. The molecule has 0 saturated carbocycles. The average Bonchev–Trinajstić information content (AvgIpc) is 3.12. The van der Waals surface area contributed by atoms with Gasteiger partial charge in [0, 0.05) is 5.75 Å². The molecule has 1 fully saturated rings. The number of phosphoric acid groups is 1. The fourth-order valence-electron chi connectivity index (χ4n) is 2.79. The van der Waals surface area contributed by atoms with Gasteiger partial charge in [-0.25, -0.2) is 15.0 Å². The zero-order valence-electron chi connectivity index (χ0n) is 16.9. The van der Waals surface area contributed by atoms with Gasteiger partial charge in [0.05, 0.1) is 14.4 Å². The largest absolute Gasteiger partial charge is 1.00 e. The number of phosphoric ester groups is 1. The van der Waals surface area contributed by atoms with E-state index in [1.165, 1.54) is 22.7 Å². The molecule has 3 heterocycles. The minimum atomic E-state index is -5.25. The molecule has 156 valence electrons. The maximum absolute atomic E-state index is 10.7. The van der Waals surface area contributed by atoms with Crippen molar-refractivity contribution in [1.82, 2.24) is 19.5 Å². The third-order valence-corrected chi connectivity index (χ3v) is 5.69. The van der Waals surface area contributed by atoms with Gasteiger partial charge in [-0.05, 0) is 6.42 Å². The summed E-state index contributed by atoms with van der Waals surface area (Å²) in [7, 11) is -5.25. The number of anilines is 1. The van der Waals surface area contributed by atoms with Crippen LogP contribution >= 0.6 is 19.6 Å². The predicted molar refractivity (Wildman–Crippen MR) is 94.8 cm³/mol. The first-order valence-electron chi connectivity index (χ1n) is 8.52. The molecule has 30 heavy (non-hydrogen) atoms. The molecule has 4 N–H and O–H groups in total. The number of nitrogens with zero attached hydrogens (tertiary/aromatic N) is 4. The molecule has 0 spiro atoms. The number of unbranched alkanes of at least 4 members (excludes halogenated alkanes) is 1. The standard InChI is InChI=1S/C14H22N5O7PS.2Na/c1-2-3-4-28-14-18-8-11(15)16-6-17-12(8)19(14)13-10(21)9(20)7(26-13)5-25-27(22,23)24;;/h6-7,9-10,13,20-21H,2-5H2,1H3,(H2,15,16,17)(H2,22,23,24);;/q;2*+1/p-2/t7-,9-,10-,13?;;/m1../s1. The second-order valence-corrected chi connectivity index (χ2v) is 8.40. The van der Waals surface area contributed by atoms with Crippen LogP contribution in [0.3, 0.4) is 0 Å². The number of hydrogen-bond donors (Lipinski definition) is 3. The van der Waals surface area contributed by atoms with Gasteiger partial charge in [-0.3, -0.25) is 4.57 Å². The van der Waals surface area contributed by atoms with Crippen molar-refractivity contribution in [2.75, 3.05) is 18.1 Å². The van der Waals surface area contributed by atoms with E-state index in [1.54, 1.807) is 0 Å². The summed E-state index contributed by atoms with van der Waals surface area (Å²) in [5.74, 6) is 0.883. The second-order valence-electron chi connectivity index (χ2n) is 6.19. The molecule has 1 saturated heterocycles. The number of hydrogen-bond acceptors (Lipinski definition) is 12. The molecular weight excluding hydrogens is 459 g/mol. The van der Waals surface area contributed by atoms with Crippen LogP contribution < -0.4 is 74.6 Å². The molecule has 0 aliphatic carbocycles. The van der Waals surface area contributed by atoms with Crippen LogP contribution in [-0.2, 0) is 13.8 Å². The molecule has 1 aliphatic heterocycles. The molecular formula is C14H20N5Na2O7PS. The van der Waals surface area contributed by atoms with Gasteiger partial charge in [0.1, 0.15) is 24.6 Å². The van der Waals surface area contributed by atoms with Gasteiger partial charge in [-0.2, -0.15) is 0 Å². The van der Waals surface area contributed by atoms with Gasteiger partial charge in [0.25, 0.3) is 0 Å². The zero-order chi connectivity index (χ0) is 20.5. The van der Waals surface area contributed by atoms with E-state index in [0.717, 1.165) is 18.6 Å². The van der Waals surface area contributed by atoms with Crippen molar-refractivity contribution in [1.29, 1.82) is 0 Å². The Balaban J connectivity index is 0.00000225. The minimum absolute atomic E-state index is 0. The molecule has 1 unspecified atom stereocenters. The Bertz CT molecular complexity index is 888. The van der Waals surface area contributed by atoms with Crippen LogP contribution in [0.2, 0.25) is 0 Å². The molecule has 0 amide bonds. The van der Waals surface area contributed by atoms with E-state index in [1.807, 2.05) is 6.92 Å². The molecule has 16 heteroatoms. The first kappa shape index (κ1) is 28.7. The summed E-state index contributed by atoms with van der Waals surface area (Å²) in [5, 5.41) is 21.1. The topological polar surface area (TPSA) is 192 Å². The molecule has 0 bridgehead atoms. The van der Waals surface area contributed by atoms with Gasteiger partial charge in [-0.15, -0.1) is 0 Å². The fraction of sp³-hybridized carbons (Fsp3) is 0.643. The third-order valence-electron chi connectivity index (χ3n) is 4.19. The quantitative estimate of drug-likeness (QED) is 0.140. The Morgan fingerprint density at radius 3 is 2.67 bits per heavy atom. The van der Waals surface area contributed by atoms with Crippen molar-refractivity contribution >= 4 is 36.6 Å². The number of aromatic nitrogens is 4. The monoisotopic (exact) mass is 479 g/mol. The number of nitrogens with two attached hydrogens (primary N) is 1. The fourth-order valence-corrected chi connectivity index (χ4v) is 4.22. The Morgan fingerprint density at radius 2 is 2.03 bits per heavy atom. The van der Waals surface area contributed by atoms with E-state index in [9.17, 15) is 24.6 Å². The van der Waals surface area contributed by atoms with Crippen molar-refractivity contribution in [2.45, 2.75) is 49.5 Å². The molecule has 2 aromatic rings. The summed E-state index contributed by atoms with van der Waals surface area (Å²) < 4.78 is 22.0. The van der Waals surface area contributed by atoms with E-state index in [-0.39, 0.29) is 64.9 Å². The van der Waals surface area contributed by atoms with E-state index >= 15 is 0 Å². The van der Waals surface area contributed by atoms with Crippen molar-refractivity contribution in [3.63, 3.8) is 0 Å². The normalized spacial score (nSPS) is 23.9. The Hall–Kier alpha value is 0.690. The summed E-state index contributed by atoms with van der Waals surface area (Å²) >= 11 is 1.40. The van der Waals surface area contributed by atoms with Crippen LogP contribution in [0.1, 0.15) is 26.0 Å². The van der Waals surface area contributed by atoms with E-state index in [2.05, 4.69) is 19.5 Å². The molecule has 1 aliphatic rings. The molecule has 0 radical (unpaired) electrons. The van der Waals surface area contributed by atoms with Crippen LogP contribution in [0.5, 0.6) is 0 Å². The van der Waals surface area contributed by atoms with Gasteiger partial charge < -0.3 is 39.6 Å². The predicted octanol–water partition coefficient (Wildman–Crippen LogP) is -7.23. The van der Waals surface area contributed by atoms with Gasteiger partial charge in [-0.1, -0.05) is 25.1 Å². The number of ether oxygens (including phenoxy) is 1. The van der Waals surface area contributed by atoms with Crippen molar-refractivity contribution in [2.24, 2.45) is 0 Å². The average molecular weight is 479 g/mol. The van der Waals surface area contributed by atoms with Gasteiger partial charge in [0.15, 0.2) is 28.4 Å². The summed E-state index contributed by atoms with van der Waals surface area (Å²) in [5.41, 5.74) is 6.48. The first-order chi connectivity index (χ1) is 13.2. The Labute approximate surface area is 221 Å². The SMILES string of the molecule is CCCCSc1nc2c(N)ncnc2n1C1O[C@H](COP(=O)([O-])[O-])[C@@H](O)[C@H]1O.[Na+].[Na+]. The molecule has 0 aromatic carbocycles. The molecule has 3 rings (SSSR count). The third kappa shape index (κ3) is 6.61. The van der Waals surface area contributed by atoms with E-state index in [0.29, 0.717) is 16.3 Å². The number of imidazole rings is 1. The number of fused-ring (bicyclic) bond motifs is 1. The van der Waals surface area contributed by atoms with E-state index in [4.69, 9.17) is 10.5 Å². The molecule has 4 atom stereocenters. The van der Waals surface area contributed by atoms with Crippen molar-refractivity contribution in [3.8, 4) is 0 Å². The van der Waals surface area contributed by atoms with Crippen molar-refractivity contribution in [3.05, 3.63) is 6.33 Å². The van der Waals surface area contributed by atoms with Crippen LogP contribution in [0.15, 0.2) is 11.5 Å². The number of aliphatic hydroxyl groups excluding tert-OH is 2. The van der Waals surface area contributed by atoms with Gasteiger partial charge >= 0.3 is 59.1 Å². The zero-order valence-corrected chi connectivity index (χ0v) is 22.6. The summed E-state index contributed by atoms with van der Waals surface area (Å²) in [6, 6.07) is 0. The van der Waals surface area contributed by atoms with Crippen LogP contribution in [0.4, 0.5) is 5.82 Å². The van der Waals surface area contributed by atoms with Crippen LogP contribution in [0.25, 0.3) is 11.2 Å². The molecule has 12 nitrogen and oxygen atoms in total. The van der Waals surface area contributed by atoms with Crippen LogP contribution in [0, 0.1) is 0 Å². The number of rotatable bonds is 8. The maximum atomic E-state index is 10.7. The van der Waals surface area contributed by atoms with E-state index < -0.39 is 39.0 Å². The molecule has 2 aromatic heterocycles. The number of thioether (sulfide) groups is 1. The minimum Gasteiger partial charge on any atom is -0.790 e. The van der Waals surface area contributed by atoms with Crippen molar-refractivity contribution < 1.29 is 92.9 Å².